The Kier molecular flexibility index (Phi) is 9.79. The summed E-state index contributed by atoms with van der Waals surface area (Å²) in [5, 5.41) is 4.74. The quantitative estimate of drug-likeness (QED) is 0.258. The molecule has 0 aliphatic carbocycles. The first-order valence-electron chi connectivity index (χ1n) is 10.6. The molecule has 1 N–H and O–H groups in total. The van der Waals surface area contributed by atoms with Crippen LogP contribution in [0.1, 0.15) is 51.0 Å². The van der Waals surface area contributed by atoms with Crippen molar-refractivity contribution in [3.8, 4) is 5.75 Å². The summed E-state index contributed by atoms with van der Waals surface area (Å²) in [5.74, 6) is 0.260. The molecule has 3 rings (SSSR count). The van der Waals surface area contributed by atoms with Gasteiger partial charge in [-0.3, -0.25) is 4.79 Å². The number of ether oxygens (including phenoxy) is 1. The van der Waals surface area contributed by atoms with Crippen molar-refractivity contribution in [2.45, 2.75) is 45.4 Å². The maximum Gasteiger partial charge on any atom is 0.264 e. The van der Waals surface area contributed by atoms with Crippen molar-refractivity contribution in [3.05, 3.63) is 61.9 Å². The van der Waals surface area contributed by atoms with E-state index in [0.29, 0.717) is 43.2 Å². The molecule has 0 radical (unpaired) electrons. The van der Waals surface area contributed by atoms with Crippen molar-refractivity contribution in [1.82, 2.24) is 5.32 Å². The van der Waals surface area contributed by atoms with Crippen molar-refractivity contribution in [2.24, 2.45) is 4.99 Å². The third kappa shape index (κ3) is 7.45. The maximum atomic E-state index is 12.3. The van der Waals surface area contributed by atoms with E-state index in [1.54, 1.807) is 42.5 Å². The molecule has 4 nitrogen and oxygen atoms in total. The van der Waals surface area contributed by atoms with Crippen LogP contribution < -0.4 is 10.1 Å². The Labute approximate surface area is 208 Å². The number of nitrogens with zero attached hydrogens (tertiary/aromatic N) is 1. The van der Waals surface area contributed by atoms with E-state index in [0.717, 1.165) is 18.4 Å². The Balaban J connectivity index is 1.61. The van der Waals surface area contributed by atoms with Gasteiger partial charge in [0.2, 0.25) is 0 Å². The second-order valence-electron chi connectivity index (χ2n) is 7.39. The van der Waals surface area contributed by atoms with Gasteiger partial charge in [0.25, 0.3) is 5.91 Å². The number of amides is 1. The Morgan fingerprint density at radius 3 is 2.34 bits per heavy atom. The lowest BCUT2D eigenvalue weighted by Gasteiger charge is -2.11. The lowest BCUT2D eigenvalue weighted by Crippen LogP contribution is -2.19. The van der Waals surface area contributed by atoms with Gasteiger partial charge in [-0.25, -0.2) is 4.99 Å². The molecular formula is C24H25Cl3N2O2S. The van der Waals surface area contributed by atoms with Gasteiger partial charge in [0.15, 0.2) is 10.9 Å². The monoisotopic (exact) mass is 510 g/mol. The number of halogens is 3. The SMILES string of the molecule is CCCCCCCCOc1c(Cl)cc(/C=C2/SC(=Nc3ccc(Cl)cc3)NC2=O)cc1Cl. The van der Waals surface area contributed by atoms with Crippen LogP contribution in [0, 0.1) is 0 Å². The molecule has 0 atom stereocenters. The minimum atomic E-state index is -0.224. The van der Waals surface area contributed by atoms with Crippen molar-refractivity contribution < 1.29 is 9.53 Å². The number of amidine groups is 1. The van der Waals surface area contributed by atoms with Gasteiger partial charge in [-0.05, 0) is 66.2 Å². The number of benzene rings is 2. The summed E-state index contributed by atoms with van der Waals surface area (Å²) < 4.78 is 5.81. The van der Waals surface area contributed by atoms with Crippen molar-refractivity contribution in [3.63, 3.8) is 0 Å². The van der Waals surface area contributed by atoms with Crippen LogP contribution in [0.25, 0.3) is 6.08 Å². The number of nitrogens with one attached hydrogen (secondary N) is 1. The zero-order valence-electron chi connectivity index (χ0n) is 17.8. The molecule has 1 amide bonds. The van der Waals surface area contributed by atoms with Gasteiger partial charge >= 0.3 is 0 Å². The van der Waals surface area contributed by atoms with Gasteiger partial charge in [0, 0.05) is 5.02 Å². The van der Waals surface area contributed by atoms with Crippen molar-refractivity contribution in [1.29, 1.82) is 0 Å². The largest absolute Gasteiger partial charge is 0.490 e. The zero-order chi connectivity index (χ0) is 22.9. The highest BCUT2D eigenvalue weighted by Gasteiger charge is 2.24. The molecule has 0 bridgehead atoms. The molecule has 32 heavy (non-hydrogen) atoms. The van der Waals surface area contributed by atoms with Crippen LogP contribution in [0.5, 0.6) is 5.75 Å². The first-order chi connectivity index (χ1) is 15.5. The molecule has 1 aliphatic rings. The highest BCUT2D eigenvalue weighted by Crippen LogP contribution is 2.36. The minimum Gasteiger partial charge on any atom is -0.490 e. The van der Waals surface area contributed by atoms with Crippen LogP contribution in [0.4, 0.5) is 5.69 Å². The van der Waals surface area contributed by atoms with Gasteiger partial charge < -0.3 is 10.1 Å². The molecule has 1 aliphatic heterocycles. The number of aliphatic imine (C=N–C) groups is 1. The Bertz CT molecular complexity index is 984. The smallest absolute Gasteiger partial charge is 0.264 e. The molecule has 2 aromatic rings. The summed E-state index contributed by atoms with van der Waals surface area (Å²) >= 11 is 20.0. The number of carbonyl (C=O) groups excluding carboxylic acids is 1. The van der Waals surface area contributed by atoms with Gasteiger partial charge in [-0.1, -0.05) is 73.8 Å². The van der Waals surface area contributed by atoms with E-state index in [1.807, 2.05) is 0 Å². The van der Waals surface area contributed by atoms with Crippen LogP contribution in [0.15, 0.2) is 46.3 Å². The normalized spacial score (nSPS) is 16.1. The van der Waals surface area contributed by atoms with E-state index in [2.05, 4.69) is 17.2 Å². The first-order valence-corrected chi connectivity index (χ1v) is 12.6. The Morgan fingerprint density at radius 1 is 1.00 bits per heavy atom. The molecule has 0 spiro atoms. The van der Waals surface area contributed by atoms with Gasteiger partial charge in [-0.2, -0.15) is 0 Å². The number of carbonyl (C=O) groups is 1. The molecule has 1 saturated heterocycles. The third-order valence-electron chi connectivity index (χ3n) is 4.77. The maximum absolute atomic E-state index is 12.3. The average molecular weight is 512 g/mol. The lowest BCUT2D eigenvalue weighted by atomic mass is 10.1. The standard InChI is InChI=1S/C24H25Cl3N2O2S/c1-2-3-4-5-6-7-12-31-22-19(26)13-16(14-20(22)27)15-21-23(30)29-24(32-21)28-18-10-8-17(25)9-11-18/h8-11,13-15H,2-7,12H2,1H3,(H,28,29,30)/b21-15+. The van der Waals surface area contributed by atoms with E-state index in [-0.39, 0.29) is 5.91 Å². The molecule has 8 heteroatoms. The highest BCUT2D eigenvalue weighted by atomic mass is 35.5. The van der Waals surface area contributed by atoms with Crippen LogP contribution in [-0.2, 0) is 4.79 Å². The fraction of sp³-hybridized carbons (Fsp3) is 0.333. The molecule has 170 valence electrons. The molecule has 0 saturated carbocycles. The second kappa shape index (κ2) is 12.5. The molecular weight excluding hydrogens is 487 g/mol. The number of unbranched alkanes of at least 4 members (excludes halogenated alkanes) is 5. The highest BCUT2D eigenvalue weighted by molar-refractivity contribution is 8.18. The van der Waals surface area contributed by atoms with Crippen LogP contribution in [-0.4, -0.2) is 17.7 Å². The average Bonchev–Trinajstić information content (AvgIpc) is 3.09. The summed E-state index contributed by atoms with van der Waals surface area (Å²) in [4.78, 5) is 17.3. The van der Waals surface area contributed by atoms with Crippen LogP contribution in [0.3, 0.4) is 0 Å². The van der Waals surface area contributed by atoms with Crippen LogP contribution >= 0.6 is 46.6 Å². The second-order valence-corrected chi connectivity index (χ2v) is 9.67. The molecule has 1 fully saturated rings. The topological polar surface area (TPSA) is 50.7 Å². The Morgan fingerprint density at radius 2 is 1.66 bits per heavy atom. The zero-order valence-corrected chi connectivity index (χ0v) is 20.9. The van der Waals surface area contributed by atoms with E-state index < -0.39 is 0 Å². The lowest BCUT2D eigenvalue weighted by molar-refractivity contribution is -0.115. The molecule has 2 aromatic carbocycles. The minimum absolute atomic E-state index is 0.224. The number of thioether (sulfide) groups is 1. The van der Waals surface area contributed by atoms with Gasteiger partial charge in [0.05, 0.1) is 27.2 Å². The summed E-state index contributed by atoms with van der Waals surface area (Å²) in [6, 6.07) is 10.6. The summed E-state index contributed by atoms with van der Waals surface area (Å²) in [7, 11) is 0. The predicted octanol–water partition coefficient (Wildman–Crippen LogP) is 8.28. The summed E-state index contributed by atoms with van der Waals surface area (Å²) in [6.45, 7) is 2.78. The van der Waals surface area contributed by atoms with E-state index in [9.17, 15) is 4.79 Å². The number of rotatable bonds is 10. The van der Waals surface area contributed by atoms with Gasteiger partial charge in [-0.15, -0.1) is 0 Å². The molecule has 1 heterocycles. The summed E-state index contributed by atoms with van der Waals surface area (Å²) in [6.07, 6.45) is 8.83. The van der Waals surface area contributed by atoms with Crippen molar-refractivity contribution >= 4 is 69.4 Å². The number of hydrogen-bond donors (Lipinski definition) is 1. The first kappa shape index (κ1) is 25.0. The third-order valence-corrected chi connectivity index (χ3v) is 6.49. The summed E-state index contributed by atoms with van der Waals surface area (Å²) in [5.41, 5.74) is 1.42. The van der Waals surface area contributed by atoms with Crippen molar-refractivity contribution in [2.75, 3.05) is 6.61 Å². The predicted molar refractivity (Wildman–Crippen MR) is 138 cm³/mol. The molecule has 0 unspecified atom stereocenters. The Hall–Kier alpha value is -1.66. The fourth-order valence-electron chi connectivity index (χ4n) is 3.12. The van der Waals surface area contributed by atoms with E-state index >= 15 is 0 Å². The van der Waals surface area contributed by atoms with E-state index in [4.69, 9.17) is 39.5 Å². The van der Waals surface area contributed by atoms with Crippen LogP contribution in [0.2, 0.25) is 15.1 Å². The number of hydrogen-bond acceptors (Lipinski definition) is 4. The van der Waals surface area contributed by atoms with Gasteiger partial charge in [0.1, 0.15) is 0 Å². The fourth-order valence-corrected chi connectivity index (χ4v) is 4.70. The van der Waals surface area contributed by atoms with E-state index in [1.165, 1.54) is 37.4 Å². The molecule has 0 aromatic heterocycles.